The first-order valence-corrected chi connectivity index (χ1v) is 11.1. The first-order chi connectivity index (χ1) is 16.6. The molecule has 3 aromatic carbocycles. The lowest BCUT2D eigenvalue weighted by Gasteiger charge is -2.11. The molecule has 166 valence electrons. The smallest absolute Gasteiger partial charge is 0.153 e. The second-order valence-electron chi connectivity index (χ2n) is 8.05. The minimum Gasteiger partial charge on any atom is -0.340 e. The third-order valence-corrected chi connectivity index (χ3v) is 5.33. The normalized spacial score (nSPS) is 10.6. The van der Waals surface area contributed by atoms with Crippen molar-refractivity contribution in [3.8, 4) is 22.5 Å². The molecule has 6 nitrogen and oxygen atoms in total. The van der Waals surface area contributed by atoms with Crippen LogP contribution in [-0.4, -0.2) is 20.2 Å². The summed E-state index contributed by atoms with van der Waals surface area (Å²) in [4.78, 5) is 9.12. The maximum Gasteiger partial charge on any atom is 0.153 e. The van der Waals surface area contributed by atoms with Crippen LogP contribution in [0.25, 0.3) is 22.5 Å². The lowest BCUT2D eigenvalue weighted by Crippen LogP contribution is -2.00. The molecule has 2 N–H and O–H groups in total. The Morgan fingerprint density at radius 1 is 0.529 bits per heavy atom. The molecule has 6 heteroatoms. The van der Waals surface area contributed by atoms with Crippen LogP contribution in [-0.2, 0) is 0 Å². The first kappa shape index (κ1) is 21.3. The topological polar surface area (TPSA) is 75.6 Å². The Kier molecular flexibility index (Phi) is 5.95. The van der Waals surface area contributed by atoms with E-state index in [9.17, 15) is 0 Å². The van der Waals surface area contributed by atoms with E-state index >= 15 is 0 Å². The number of hydrogen-bond donors (Lipinski definition) is 2. The summed E-state index contributed by atoms with van der Waals surface area (Å²) in [6, 6.07) is 32.2. The highest BCUT2D eigenvalue weighted by Crippen LogP contribution is 2.25. The number of nitrogens with zero attached hydrogens (tertiary/aromatic N) is 4. The molecule has 0 aliphatic rings. The van der Waals surface area contributed by atoms with Crippen LogP contribution >= 0.6 is 0 Å². The molecular formula is C28H24N6. The number of aromatic nitrogens is 4. The molecule has 2 aromatic heterocycles. The number of rotatable bonds is 6. The van der Waals surface area contributed by atoms with Crippen molar-refractivity contribution >= 4 is 23.0 Å². The Balaban J connectivity index is 1.31. The molecule has 0 amide bonds. The van der Waals surface area contributed by atoms with Gasteiger partial charge in [0.2, 0.25) is 0 Å². The summed E-state index contributed by atoms with van der Waals surface area (Å²) in [6.07, 6.45) is 0. The van der Waals surface area contributed by atoms with Crippen molar-refractivity contribution < 1.29 is 0 Å². The zero-order valence-corrected chi connectivity index (χ0v) is 19.0. The van der Waals surface area contributed by atoms with Crippen LogP contribution in [0.1, 0.15) is 11.4 Å². The minimum atomic E-state index is 0.678. The van der Waals surface area contributed by atoms with Crippen molar-refractivity contribution in [3.05, 3.63) is 108 Å². The first-order valence-electron chi connectivity index (χ1n) is 11.1. The molecule has 5 rings (SSSR count). The lowest BCUT2D eigenvalue weighted by molar-refractivity contribution is 1.04. The molecule has 0 fully saturated rings. The molecule has 2 heterocycles. The maximum absolute atomic E-state index is 4.57. The number of anilines is 4. The van der Waals surface area contributed by atoms with Gasteiger partial charge in [0, 0.05) is 28.6 Å². The van der Waals surface area contributed by atoms with Gasteiger partial charge in [-0.1, -0.05) is 66.2 Å². The number of hydrogen-bond acceptors (Lipinski definition) is 6. The van der Waals surface area contributed by atoms with E-state index in [1.807, 2.05) is 79.7 Å². The van der Waals surface area contributed by atoms with Gasteiger partial charge in [0.25, 0.3) is 0 Å². The third kappa shape index (κ3) is 5.07. The predicted molar refractivity (Wildman–Crippen MR) is 137 cm³/mol. The van der Waals surface area contributed by atoms with Crippen LogP contribution in [0.4, 0.5) is 23.0 Å². The van der Waals surface area contributed by atoms with Crippen molar-refractivity contribution in [3.63, 3.8) is 0 Å². The van der Waals surface area contributed by atoms with Crippen LogP contribution in [0.3, 0.4) is 0 Å². The van der Waals surface area contributed by atoms with Crippen LogP contribution in [0, 0.1) is 13.8 Å². The monoisotopic (exact) mass is 444 g/mol. The Morgan fingerprint density at radius 2 is 1.24 bits per heavy atom. The van der Waals surface area contributed by atoms with E-state index in [4.69, 9.17) is 0 Å². The average Bonchev–Trinajstić information content (AvgIpc) is 2.85. The fourth-order valence-electron chi connectivity index (χ4n) is 3.64. The van der Waals surface area contributed by atoms with Crippen LogP contribution in [0.2, 0.25) is 0 Å². The van der Waals surface area contributed by atoms with Crippen molar-refractivity contribution in [1.82, 2.24) is 20.2 Å². The molecule has 0 saturated heterocycles. The van der Waals surface area contributed by atoms with Crippen molar-refractivity contribution in [2.75, 3.05) is 10.6 Å². The van der Waals surface area contributed by atoms with Crippen LogP contribution in [0.5, 0.6) is 0 Å². The van der Waals surface area contributed by atoms with Gasteiger partial charge in [-0.15, -0.1) is 10.2 Å². The van der Waals surface area contributed by atoms with Gasteiger partial charge in [-0.2, -0.15) is 0 Å². The third-order valence-electron chi connectivity index (χ3n) is 5.33. The Morgan fingerprint density at radius 3 is 1.94 bits per heavy atom. The summed E-state index contributed by atoms with van der Waals surface area (Å²) >= 11 is 0. The summed E-state index contributed by atoms with van der Waals surface area (Å²) in [6.45, 7) is 3.97. The van der Waals surface area contributed by atoms with Gasteiger partial charge in [0.1, 0.15) is 11.6 Å². The molecule has 0 saturated carbocycles. The minimum absolute atomic E-state index is 0.678. The molecule has 0 radical (unpaired) electrons. The highest BCUT2D eigenvalue weighted by Gasteiger charge is 2.06. The van der Waals surface area contributed by atoms with E-state index in [0.717, 1.165) is 39.7 Å². The molecule has 0 aliphatic heterocycles. The predicted octanol–water partition coefficient (Wildman–Crippen LogP) is 6.70. The standard InChI is InChI=1S/C28H24N6/c1-19-11-13-22(14-12-19)25-15-16-27(34-33-25)31-23-9-6-10-24(17-23)32-28-18-26(29-20(2)30-28)21-7-4-3-5-8-21/h3-18H,1-2H3,(H,31,34)(H,29,30,32). The van der Waals surface area contributed by atoms with E-state index in [1.54, 1.807) is 0 Å². The maximum atomic E-state index is 4.57. The highest BCUT2D eigenvalue weighted by atomic mass is 15.2. The molecule has 34 heavy (non-hydrogen) atoms. The molecule has 0 atom stereocenters. The van der Waals surface area contributed by atoms with E-state index in [-0.39, 0.29) is 0 Å². The van der Waals surface area contributed by atoms with Gasteiger partial charge in [-0.05, 0) is 44.2 Å². The second kappa shape index (κ2) is 9.50. The van der Waals surface area contributed by atoms with Gasteiger partial charge in [0.05, 0.1) is 11.4 Å². The molecule has 0 unspecified atom stereocenters. The van der Waals surface area contributed by atoms with E-state index in [2.05, 4.69) is 62.0 Å². The van der Waals surface area contributed by atoms with Crippen LogP contribution < -0.4 is 10.6 Å². The molecule has 0 bridgehead atoms. The second-order valence-corrected chi connectivity index (χ2v) is 8.05. The Bertz CT molecular complexity index is 1400. The highest BCUT2D eigenvalue weighted by molar-refractivity contribution is 5.69. The van der Waals surface area contributed by atoms with E-state index < -0.39 is 0 Å². The SMILES string of the molecule is Cc1ccc(-c2ccc(Nc3cccc(Nc4cc(-c5ccccc5)nc(C)n4)c3)nn2)cc1. The van der Waals surface area contributed by atoms with Crippen molar-refractivity contribution in [2.24, 2.45) is 0 Å². The summed E-state index contributed by atoms with van der Waals surface area (Å²) in [5.41, 5.74) is 6.85. The van der Waals surface area contributed by atoms with E-state index in [1.165, 1.54) is 5.56 Å². The van der Waals surface area contributed by atoms with Crippen molar-refractivity contribution in [1.29, 1.82) is 0 Å². The zero-order valence-electron chi connectivity index (χ0n) is 19.0. The Hall–Kier alpha value is -4.58. The summed E-state index contributed by atoms with van der Waals surface area (Å²) in [7, 11) is 0. The molecule has 0 spiro atoms. The molecular weight excluding hydrogens is 420 g/mol. The summed E-state index contributed by atoms with van der Waals surface area (Å²) < 4.78 is 0. The number of nitrogens with one attached hydrogen (secondary N) is 2. The Labute approximate surface area is 198 Å². The molecule has 0 aliphatic carbocycles. The van der Waals surface area contributed by atoms with Gasteiger partial charge < -0.3 is 10.6 Å². The van der Waals surface area contributed by atoms with Gasteiger partial charge in [-0.25, -0.2) is 9.97 Å². The van der Waals surface area contributed by atoms with E-state index in [0.29, 0.717) is 11.6 Å². The number of benzene rings is 3. The fraction of sp³-hybridized carbons (Fsp3) is 0.0714. The van der Waals surface area contributed by atoms with Crippen LogP contribution in [0.15, 0.2) is 97.1 Å². The van der Waals surface area contributed by atoms with Crippen molar-refractivity contribution in [2.45, 2.75) is 13.8 Å². The molecule has 5 aromatic rings. The van der Waals surface area contributed by atoms with Gasteiger partial charge in [-0.3, -0.25) is 0 Å². The number of aryl methyl sites for hydroxylation is 2. The summed E-state index contributed by atoms with van der Waals surface area (Å²) in [5.74, 6) is 2.13. The van der Waals surface area contributed by atoms with Gasteiger partial charge in [0.15, 0.2) is 5.82 Å². The lowest BCUT2D eigenvalue weighted by atomic mass is 10.1. The largest absolute Gasteiger partial charge is 0.340 e. The van der Waals surface area contributed by atoms with Gasteiger partial charge >= 0.3 is 0 Å². The average molecular weight is 445 g/mol. The summed E-state index contributed by atoms with van der Waals surface area (Å²) in [5, 5.41) is 15.4. The fourth-order valence-corrected chi connectivity index (χ4v) is 3.64. The quantitative estimate of drug-likeness (QED) is 0.303. The zero-order chi connectivity index (χ0) is 23.3.